The fraction of sp³-hybridized carbons (Fsp3) is 1.00. The Hall–Kier alpha value is -0.625. The first-order valence-electron chi connectivity index (χ1n) is 3.65. The van der Waals surface area contributed by atoms with E-state index >= 15 is 0 Å². The molecule has 0 amide bonds. The highest BCUT2D eigenvalue weighted by atomic mass is 15.0. The lowest BCUT2D eigenvalue weighted by Gasteiger charge is -1.88. The summed E-state index contributed by atoms with van der Waals surface area (Å²) in [6.45, 7) is 4.43. The molecular formula is C6H15BN3. The van der Waals surface area contributed by atoms with E-state index < -0.39 is 0 Å². The maximum absolute atomic E-state index is 6.86. The maximum Gasteiger partial charge on any atom is 0.109 e. The van der Waals surface area contributed by atoms with E-state index in [9.17, 15) is 0 Å². The molecule has 1 N–H and O–H groups in total. The third kappa shape index (κ3) is 26.3. The average Bonchev–Trinajstić information content (AvgIpc) is 1.91. The average molecular weight is 140 g/mol. The highest BCUT2D eigenvalue weighted by molar-refractivity contribution is 6.35. The van der Waals surface area contributed by atoms with Crippen LogP contribution in [0.1, 0.15) is 26.7 Å². The molecule has 0 aliphatic rings. The Bertz CT molecular complexity index is 75.1. The minimum Gasteiger partial charge on any atom is -0.108 e. The molecule has 0 unspecified atom stereocenters. The summed E-state index contributed by atoms with van der Waals surface area (Å²) in [5.41, 5.74) is 12.2. The van der Waals surface area contributed by atoms with E-state index in [2.05, 4.69) is 21.1 Å². The molecule has 0 aromatic heterocycles. The zero-order chi connectivity index (χ0) is 8.24. The van der Waals surface area contributed by atoms with Gasteiger partial charge in [0.05, 0.1) is 0 Å². The first-order chi connectivity index (χ1) is 4.83. The summed E-state index contributed by atoms with van der Waals surface area (Å²) in [6.07, 6.45) is 5.21. The summed E-state index contributed by atoms with van der Waals surface area (Å²) < 4.78 is 0. The van der Waals surface area contributed by atoms with E-state index in [1.807, 2.05) is 0 Å². The van der Waals surface area contributed by atoms with Gasteiger partial charge >= 0.3 is 0 Å². The second-order valence-electron chi connectivity index (χ2n) is 1.97. The Morgan fingerprint density at radius 2 is 1.60 bits per heavy atom. The minimum atomic E-state index is 1.30. The van der Waals surface area contributed by atoms with Gasteiger partial charge in [-0.2, -0.15) is 0 Å². The Balaban J connectivity index is 0. The molecule has 0 aliphatic carbocycles. The molecule has 1 radical (unpaired) electrons. The van der Waals surface area contributed by atoms with Gasteiger partial charge < -0.3 is 0 Å². The van der Waals surface area contributed by atoms with E-state index in [1.54, 1.807) is 4.91 Å². The number of nitrogens with zero attached hydrogens (tertiary/aromatic N) is 2. The van der Waals surface area contributed by atoms with Gasteiger partial charge in [-0.1, -0.05) is 39.3 Å². The summed E-state index contributed by atoms with van der Waals surface area (Å²) in [5, 5.41) is 0. The number of hydrogen-bond donors (Lipinski definition) is 1. The largest absolute Gasteiger partial charge is 0.109 e. The van der Waals surface area contributed by atoms with E-state index in [0.717, 1.165) is 0 Å². The van der Waals surface area contributed by atoms with Crippen molar-refractivity contribution >= 4 is 7.28 Å². The number of rotatable bonds is 4. The predicted octanol–water partition coefficient (Wildman–Crippen LogP) is 3.22. The van der Waals surface area contributed by atoms with Crippen molar-refractivity contribution in [3.63, 3.8) is 0 Å². The zero-order valence-corrected chi connectivity index (χ0v) is 6.80. The molecule has 57 valence electrons. The van der Waals surface area contributed by atoms with Crippen molar-refractivity contribution in [1.82, 2.24) is 0 Å². The van der Waals surface area contributed by atoms with Crippen LogP contribution < -0.4 is 0 Å². The second kappa shape index (κ2) is 15.8. The van der Waals surface area contributed by atoms with E-state index in [1.165, 1.54) is 25.5 Å². The standard InChI is InChI=1S/C6H14B.HN3/c1-3-5-7-6-4-2;1-3-2/h3-6H2,1-2H3;1H. The fourth-order valence-corrected chi connectivity index (χ4v) is 0.553. The quantitative estimate of drug-likeness (QED) is 0.205. The van der Waals surface area contributed by atoms with Crippen molar-refractivity contribution in [2.45, 2.75) is 39.3 Å². The topological polar surface area (TPSA) is 60.3 Å². The van der Waals surface area contributed by atoms with Gasteiger partial charge in [-0.05, 0) is 10.4 Å². The number of hydrogen-bond acceptors (Lipinski definition) is 1. The molecule has 0 fully saturated rings. The molecule has 0 heterocycles. The lowest BCUT2D eigenvalue weighted by molar-refractivity contribution is 1.02. The van der Waals surface area contributed by atoms with Crippen LogP contribution in [0.25, 0.3) is 10.4 Å². The highest BCUT2D eigenvalue weighted by Gasteiger charge is 1.83. The van der Waals surface area contributed by atoms with Crippen molar-refractivity contribution in [2.75, 3.05) is 0 Å². The van der Waals surface area contributed by atoms with Gasteiger partial charge in [0, 0.05) is 0 Å². The van der Waals surface area contributed by atoms with Gasteiger partial charge in [0.2, 0.25) is 0 Å². The first-order valence-corrected chi connectivity index (χ1v) is 3.65. The predicted molar refractivity (Wildman–Crippen MR) is 45.4 cm³/mol. The molecule has 0 atom stereocenters. The Morgan fingerprint density at radius 1 is 1.30 bits per heavy atom. The normalized spacial score (nSPS) is 7.00. The highest BCUT2D eigenvalue weighted by Crippen LogP contribution is 1.92. The minimum absolute atomic E-state index is 1.30. The lowest BCUT2D eigenvalue weighted by atomic mass is 9.69. The molecule has 0 aliphatic heterocycles. The van der Waals surface area contributed by atoms with Crippen molar-refractivity contribution in [1.29, 1.82) is 5.53 Å². The lowest BCUT2D eigenvalue weighted by Crippen LogP contribution is -1.84. The molecule has 0 saturated carbocycles. The molecule has 3 nitrogen and oxygen atoms in total. The van der Waals surface area contributed by atoms with Crippen LogP contribution in [0.3, 0.4) is 0 Å². The molecule has 0 spiro atoms. The van der Waals surface area contributed by atoms with Crippen LogP contribution >= 0.6 is 0 Å². The summed E-state index contributed by atoms with van der Waals surface area (Å²) in [4.78, 5) is 1.75. The molecule has 10 heavy (non-hydrogen) atoms. The van der Waals surface area contributed by atoms with Crippen molar-refractivity contribution in [3.8, 4) is 0 Å². The molecule has 0 bridgehead atoms. The van der Waals surface area contributed by atoms with Crippen LogP contribution in [-0.2, 0) is 0 Å². The van der Waals surface area contributed by atoms with E-state index in [0.29, 0.717) is 0 Å². The molecule has 0 saturated heterocycles. The van der Waals surface area contributed by atoms with Gasteiger partial charge in [-0.3, -0.25) is 0 Å². The van der Waals surface area contributed by atoms with Gasteiger partial charge in [-0.15, -0.1) is 5.53 Å². The molecule has 0 rings (SSSR count). The van der Waals surface area contributed by atoms with Crippen molar-refractivity contribution in [2.24, 2.45) is 0 Å². The SMILES string of the molecule is CCC[B]CCC.[N-]=[N+]=N. The van der Waals surface area contributed by atoms with Crippen LogP contribution in [-0.4, -0.2) is 7.28 Å². The first kappa shape index (κ1) is 12.1. The zero-order valence-electron chi connectivity index (χ0n) is 6.80. The van der Waals surface area contributed by atoms with E-state index in [4.69, 9.17) is 11.1 Å². The Labute approximate surface area is 63.5 Å². The second-order valence-corrected chi connectivity index (χ2v) is 1.97. The van der Waals surface area contributed by atoms with Crippen LogP contribution in [0.5, 0.6) is 0 Å². The van der Waals surface area contributed by atoms with Gasteiger partial charge in [0.15, 0.2) is 0 Å². The van der Waals surface area contributed by atoms with Crippen molar-refractivity contribution < 1.29 is 0 Å². The smallest absolute Gasteiger partial charge is 0.108 e. The van der Waals surface area contributed by atoms with E-state index in [-0.39, 0.29) is 0 Å². The maximum atomic E-state index is 6.86. The fourth-order valence-electron chi connectivity index (χ4n) is 0.553. The van der Waals surface area contributed by atoms with Crippen LogP contribution in [0.2, 0.25) is 12.6 Å². The molecule has 0 aromatic rings. The van der Waals surface area contributed by atoms with Gasteiger partial charge in [0.25, 0.3) is 0 Å². The van der Waals surface area contributed by atoms with Crippen LogP contribution in [0.15, 0.2) is 0 Å². The molecule has 4 heteroatoms. The van der Waals surface area contributed by atoms with Crippen LogP contribution in [0.4, 0.5) is 0 Å². The van der Waals surface area contributed by atoms with Gasteiger partial charge in [-0.25, -0.2) is 0 Å². The number of nitrogens with one attached hydrogen (secondary N) is 1. The molecular weight excluding hydrogens is 125 g/mol. The van der Waals surface area contributed by atoms with Gasteiger partial charge in [0.1, 0.15) is 7.28 Å². The Kier molecular flexibility index (Phi) is 19.1. The monoisotopic (exact) mass is 140 g/mol. The summed E-state index contributed by atoms with van der Waals surface area (Å²) in [7, 11) is 2.36. The van der Waals surface area contributed by atoms with Crippen LogP contribution in [0, 0.1) is 5.53 Å². The molecule has 0 aromatic carbocycles. The summed E-state index contributed by atoms with van der Waals surface area (Å²) >= 11 is 0. The third-order valence-electron chi connectivity index (χ3n) is 0.986. The summed E-state index contributed by atoms with van der Waals surface area (Å²) in [5.74, 6) is 0. The Morgan fingerprint density at radius 3 is 1.80 bits per heavy atom. The van der Waals surface area contributed by atoms with Crippen molar-refractivity contribution in [3.05, 3.63) is 10.4 Å². The summed E-state index contributed by atoms with van der Waals surface area (Å²) in [6, 6.07) is 0. The third-order valence-corrected chi connectivity index (χ3v) is 0.986.